The number of nitrogens with one attached hydrogen (secondary N) is 1. The molecule has 0 atom stereocenters. The summed E-state index contributed by atoms with van der Waals surface area (Å²) in [6.45, 7) is 1.99. The fourth-order valence-electron chi connectivity index (χ4n) is 2.22. The molecule has 25 heavy (non-hydrogen) atoms. The first-order valence-electron chi connectivity index (χ1n) is 7.50. The molecule has 3 rings (SSSR count). The highest BCUT2D eigenvalue weighted by atomic mass is 32.2. The quantitative estimate of drug-likeness (QED) is 0.641. The molecular weight excluding hydrogens is 346 g/mol. The van der Waals surface area contributed by atoms with Gasteiger partial charge in [0.05, 0.1) is 6.61 Å². The summed E-state index contributed by atoms with van der Waals surface area (Å²) in [7, 11) is -2.21. The van der Waals surface area contributed by atoms with Crippen LogP contribution in [0.2, 0.25) is 0 Å². The van der Waals surface area contributed by atoms with Crippen LogP contribution in [0.3, 0.4) is 0 Å². The molecule has 2 heterocycles. The van der Waals surface area contributed by atoms with Gasteiger partial charge in [-0.3, -0.25) is 0 Å². The van der Waals surface area contributed by atoms with Crippen LogP contribution in [0.15, 0.2) is 50.2 Å². The van der Waals surface area contributed by atoms with Gasteiger partial charge in [-0.1, -0.05) is 35.5 Å². The van der Waals surface area contributed by atoms with E-state index in [0.29, 0.717) is 5.82 Å². The van der Waals surface area contributed by atoms with E-state index in [1.807, 2.05) is 30.3 Å². The van der Waals surface area contributed by atoms with Crippen molar-refractivity contribution < 1.29 is 22.1 Å². The Balaban J connectivity index is 1.87. The molecule has 0 saturated carbocycles. The predicted octanol–water partition coefficient (Wildman–Crippen LogP) is 2.23. The third-order valence-corrected chi connectivity index (χ3v) is 5.00. The molecule has 2 aromatic heterocycles. The van der Waals surface area contributed by atoms with Crippen LogP contribution < -0.4 is 4.72 Å². The molecule has 3 aromatic rings. The number of methoxy groups -OCH3 is 1. The number of aromatic nitrogens is 2. The van der Waals surface area contributed by atoms with Gasteiger partial charge in [0.25, 0.3) is 5.89 Å². The second-order valence-corrected chi connectivity index (χ2v) is 6.95. The van der Waals surface area contributed by atoms with E-state index in [0.717, 1.165) is 5.56 Å². The van der Waals surface area contributed by atoms with E-state index in [1.54, 1.807) is 6.92 Å². The second kappa shape index (κ2) is 7.18. The van der Waals surface area contributed by atoms with E-state index >= 15 is 0 Å². The molecule has 9 heteroatoms. The predicted molar refractivity (Wildman–Crippen MR) is 89.2 cm³/mol. The van der Waals surface area contributed by atoms with Crippen molar-refractivity contribution in [2.45, 2.75) is 11.8 Å². The minimum Gasteiger partial charge on any atom is -0.455 e. The van der Waals surface area contributed by atoms with Crippen LogP contribution >= 0.6 is 0 Å². The maximum atomic E-state index is 12.3. The van der Waals surface area contributed by atoms with Gasteiger partial charge in [0.15, 0.2) is 5.76 Å². The van der Waals surface area contributed by atoms with Gasteiger partial charge in [-0.25, -0.2) is 13.1 Å². The molecule has 1 aromatic carbocycles. The standard InChI is InChI=1S/C16H17N3O5S/c1-11-14(25(20,21)17-8-9-22-2)10-13(23-11)16-18-15(19-24-16)12-6-4-3-5-7-12/h3-7,10,17H,8-9H2,1-2H3. The second-order valence-electron chi connectivity index (χ2n) is 5.21. The Hall–Kier alpha value is -2.49. The van der Waals surface area contributed by atoms with Crippen molar-refractivity contribution in [1.29, 1.82) is 0 Å². The van der Waals surface area contributed by atoms with Crippen molar-refractivity contribution in [2.75, 3.05) is 20.3 Å². The van der Waals surface area contributed by atoms with Gasteiger partial charge in [0.2, 0.25) is 15.8 Å². The summed E-state index contributed by atoms with van der Waals surface area (Å²) in [5.41, 5.74) is 0.787. The molecule has 0 aliphatic carbocycles. The summed E-state index contributed by atoms with van der Waals surface area (Å²) in [5, 5.41) is 3.90. The first-order chi connectivity index (χ1) is 12.0. The van der Waals surface area contributed by atoms with Gasteiger partial charge in [-0.2, -0.15) is 4.98 Å². The van der Waals surface area contributed by atoms with Gasteiger partial charge < -0.3 is 13.7 Å². The maximum absolute atomic E-state index is 12.3. The van der Waals surface area contributed by atoms with Gasteiger partial charge >= 0.3 is 0 Å². The fraction of sp³-hybridized carbons (Fsp3) is 0.250. The van der Waals surface area contributed by atoms with Gasteiger partial charge in [0.1, 0.15) is 10.7 Å². The number of hydrogen-bond donors (Lipinski definition) is 1. The Morgan fingerprint density at radius 1 is 1.24 bits per heavy atom. The Morgan fingerprint density at radius 2 is 2.00 bits per heavy atom. The number of rotatable bonds is 7. The van der Waals surface area contributed by atoms with E-state index in [-0.39, 0.29) is 35.5 Å². The van der Waals surface area contributed by atoms with Crippen LogP contribution in [0.1, 0.15) is 5.76 Å². The molecule has 0 aliphatic rings. The first-order valence-corrected chi connectivity index (χ1v) is 8.98. The van der Waals surface area contributed by atoms with Crippen LogP contribution in [-0.2, 0) is 14.8 Å². The minimum absolute atomic E-state index is 0.0260. The lowest BCUT2D eigenvalue weighted by atomic mass is 10.2. The van der Waals surface area contributed by atoms with Crippen molar-refractivity contribution in [2.24, 2.45) is 0 Å². The molecular formula is C16H17N3O5S. The van der Waals surface area contributed by atoms with E-state index in [4.69, 9.17) is 13.7 Å². The highest BCUT2D eigenvalue weighted by Crippen LogP contribution is 2.28. The maximum Gasteiger partial charge on any atom is 0.293 e. The first kappa shape index (κ1) is 17.3. The summed E-state index contributed by atoms with van der Waals surface area (Å²) in [6.07, 6.45) is 0. The lowest BCUT2D eigenvalue weighted by molar-refractivity contribution is 0.204. The topological polar surface area (TPSA) is 107 Å². The molecule has 0 aliphatic heterocycles. The molecule has 0 saturated heterocycles. The molecule has 0 bridgehead atoms. The molecule has 1 N–H and O–H groups in total. The zero-order valence-electron chi connectivity index (χ0n) is 13.7. The van der Waals surface area contributed by atoms with Crippen LogP contribution in [-0.4, -0.2) is 38.8 Å². The number of aryl methyl sites for hydroxylation is 1. The monoisotopic (exact) mass is 363 g/mol. The number of ether oxygens (including phenoxy) is 1. The lowest BCUT2D eigenvalue weighted by Crippen LogP contribution is -2.27. The highest BCUT2D eigenvalue weighted by molar-refractivity contribution is 7.89. The molecule has 132 valence electrons. The zero-order chi connectivity index (χ0) is 17.9. The molecule has 0 fully saturated rings. The fourth-order valence-corrected chi connectivity index (χ4v) is 3.41. The van der Waals surface area contributed by atoms with Crippen molar-refractivity contribution in [1.82, 2.24) is 14.9 Å². The van der Waals surface area contributed by atoms with E-state index in [1.165, 1.54) is 13.2 Å². The third-order valence-electron chi connectivity index (χ3n) is 3.43. The van der Waals surface area contributed by atoms with Crippen LogP contribution in [0.4, 0.5) is 0 Å². The molecule has 0 radical (unpaired) electrons. The average Bonchev–Trinajstić information content (AvgIpc) is 3.23. The SMILES string of the molecule is COCCNS(=O)(=O)c1cc(-c2nc(-c3ccccc3)no2)oc1C. The number of hydrogen-bond acceptors (Lipinski definition) is 7. The summed E-state index contributed by atoms with van der Waals surface area (Å²) in [4.78, 5) is 4.28. The van der Waals surface area contributed by atoms with E-state index in [9.17, 15) is 8.42 Å². The average molecular weight is 363 g/mol. The van der Waals surface area contributed by atoms with Gasteiger partial charge in [-0.15, -0.1) is 0 Å². The van der Waals surface area contributed by atoms with Gasteiger partial charge in [0, 0.05) is 25.3 Å². The summed E-state index contributed by atoms with van der Waals surface area (Å²) >= 11 is 0. The molecule has 0 amide bonds. The minimum atomic E-state index is -3.71. The van der Waals surface area contributed by atoms with Crippen LogP contribution in [0, 0.1) is 6.92 Å². The Kier molecular flexibility index (Phi) is 4.98. The third kappa shape index (κ3) is 3.78. The Morgan fingerprint density at radius 3 is 2.72 bits per heavy atom. The number of sulfonamides is 1. The van der Waals surface area contributed by atoms with Crippen LogP contribution in [0.25, 0.3) is 23.0 Å². The zero-order valence-corrected chi connectivity index (χ0v) is 14.5. The van der Waals surface area contributed by atoms with E-state index in [2.05, 4.69) is 14.9 Å². The summed E-state index contributed by atoms with van der Waals surface area (Å²) in [5.74, 6) is 0.936. The number of nitrogens with zero attached hydrogens (tertiary/aromatic N) is 2. The largest absolute Gasteiger partial charge is 0.455 e. The Labute approximate surface area is 144 Å². The smallest absolute Gasteiger partial charge is 0.293 e. The van der Waals surface area contributed by atoms with Crippen molar-refractivity contribution >= 4 is 10.0 Å². The molecule has 0 unspecified atom stereocenters. The summed E-state index contributed by atoms with van der Waals surface area (Å²) in [6, 6.07) is 10.7. The van der Waals surface area contributed by atoms with Crippen molar-refractivity contribution in [3.63, 3.8) is 0 Å². The normalized spacial score (nSPS) is 11.8. The number of furan rings is 1. The number of benzene rings is 1. The van der Waals surface area contributed by atoms with Crippen molar-refractivity contribution in [3.8, 4) is 23.0 Å². The molecule has 8 nitrogen and oxygen atoms in total. The van der Waals surface area contributed by atoms with Gasteiger partial charge in [-0.05, 0) is 6.92 Å². The molecule has 0 spiro atoms. The van der Waals surface area contributed by atoms with E-state index < -0.39 is 10.0 Å². The van der Waals surface area contributed by atoms with Crippen LogP contribution in [0.5, 0.6) is 0 Å². The van der Waals surface area contributed by atoms with Crippen molar-refractivity contribution in [3.05, 3.63) is 42.2 Å². The summed E-state index contributed by atoms with van der Waals surface area (Å²) < 4.78 is 42.6. The highest BCUT2D eigenvalue weighted by Gasteiger charge is 2.24. The lowest BCUT2D eigenvalue weighted by Gasteiger charge is -2.04. The Bertz CT molecular complexity index is 947.